The summed E-state index contributed by atoms with van der Waals surface area (Å²) in [6.07, 6.45) is -1.53. The summed E-state index contributed by atoms with van der Waals surface area (Å²) in [6.45, 7) is 14.1. The number of anilines is 1. The number of nitrogens with one attached hydrogen (secondary N) is 2. The first-order chi connectivity index (χ1) is 18.7. The second-order valence-corrected chi connectivity index (χ2v) is 7.61. The van der Waals surface area contributed by atoms with Gasteiger partial charge in [-0.2, -0.15) is 5.10 Å². The van der Waals surface area contributed by atoms with E-state index in [1.807, 2.05) is 133 Å². The molecule has 0 aliphatic carbocycles. The van der Waals surface area contributed by atoms with Crippen molar-refractivity contribution < 1.29 is 11.0 Å². The van der Waals surface area contributed by atoms with E-state index in [0.29, 0.717) is 0 Å². The molecule has 1 amide bonds. The van der Waals surface area contributed by atoms with Crippen LogP contribution in [0.2, 0.25) is 0 Å². The fraction of sp³-hybridized carbons (Fsp3) is 0.323. The molecule has 0 saturated heterocycles. The SMILES string of the molecule is CC.CC.CC.CC1=NNC2[C@H](NC(=O)OCc3ccccc3)N=C(c3ccccc3)c3ccccc3N12.[HH]. The predicted octanol–water partition coefficient (Wildman–Crippen LogP) is 7.18. The zero-order valence-electron chi connectivity index (χ0n) is 23.6. The molecule has 204 valence electrons. The van der Waals surface area contributed by atoms with E-state index in [1.54, 1.807) is 0 Å². The molecule has 38 heavy (non-hydrogen) atoms. The summed E-state index contributed by atoms with van der Waals surface area (Å²) in [6, 6.07) is 27.6. The smallest absolute Gasteiger partial charge is 0.409 e. The van der Waals surface area contributed by atoms with E-state index < -0.39 is 12.3 Å². The van der Waals surface area contributed by atoms with Crippen LogP contribution in [0.5, 0.6) is 0 Å². The summed E-state index contributed by atoms with van der Waals surface area (Å²) in [5.74, 6) is 0.802. The molecule has 0 saturated carbocycles. The van der Waals surface area contributed by atoms with Crippen molar-refractivity contribution in [2.75, 3.05) is 4.90 Å². The minimum atomic E-state index is -0.623. The standard InChI is InChI=1S/C25H23N5O2.3C2H6.H2/c1-17-28-29-24-23(27-25(31)32-16-18-10-4-2-5-11-18)26-22(19-12-6-3-7-13-19)20-14-8-9-15-21(20)30(17)24;3*1-2;/h2-15,23-24,29H,16H2,1H3,(H,27,31);3*1-2H3;1H/t23-,24?;;;;/m0..../s1. The lowest BCUT2D eigenvalue weighted by atomic mass is 10.0. The van der Waals surface area contributed by atoms with Gasteiger partial charge in [0, 0.05) is 12.6 Å². The Kier molecular flexibility index (Phi) is 12.6. The van der Waals surface area contributed by atoms with Gasteiger partial charge in [-0.1, -0.05) is 120 Å². The molecule has 7 nitrogen and oxygen atoms in total. The van der Waals surface area contributed by atoms with Crippen LogP contribution in [-0.2, 0) is 11.3 Å². The molecule has 2 aliphatic rings. The summed E-state index contributed by atoms with van der Waals surface area (Å²) >= 11 is 0. The molecule has 2 N–H and O–H groups in total. The number of fused-ring (bicyclic) bond motifs is 3. The molecule has 0 spiro atoms. The number of aliphatic imine (C=N–C) groups is 1. The molecule has 2 atom stereocenters. The van der Waals surface area contributed by atoms with E-state index in [1.165, 1.54) is 0 Å². The van der Waals surface area contributed by atoms with Crippen LogP contribution >= 0.6 is 0 Å². The highest BCUT2D eigenvalue weighted by molar-refractivity contribution is 6.18. The van der Waals surface area contributed by atoms with Gasteiger partial charge in [0.2, 0.25) is 0 Å². The first kappa shape index (κ1) is 30.1. The van der Waals surface area contributed by atoms with Gasteiger partial charge in [-0.25, -0.2) is 4.79 Å². The van der Waals surface area contributed by atoms with Crippen LogP contribution in [0.15, 0.2) is 95.0 Å². The lowest BCUT2D eigenvalue weighted by Gasteiger charge is -2.29. The second-order valence-electron chi connectivity index (χ2n) is 7.61. The highest BCUT2D eigenvalue weighted by Crippen LogP contribution is 2.31. The summed E-state index contributed by atoms with van der Waals surface area (Å²) in [5.41, 5.74) is 7.78. The molecule has 2 aliphatic heterocycles. The van der Waals surface area contributed by atoms with Gasteiger partial charge in [-0.15, -0.1) is 0 Å². The Labute approximate surface area is 229 Å². The molecular weight excluding hydrogens is 474 g/mol. The summed E-state index contributed by atoms with van der Waals surface area (Å²) < 4.78 is 5.46. The van der Waals surface area contributed by atoms with Crippen LogP contribution in [0.25, 0.3) is 0 Å². The molecule has 3 aromatic carbocycles. The fourth-order valence-electron chi connectivity index (χ4n) is 3.99. The third kappa shape index (κ3) is 7.22. The quantitative estimate of drug-likeness (QED) is 0.384. The number of para-hydroxylation sites is 1. The lowest BCUT2D eigenvalue weighted by Crippen LogP contribution is -2.54. The van der Waals surface area contributed by atoms with Gasteiger partial charge in [0.1, 0.15) is 12.4 Å². The highest BCUT2D eigenvalue weighted by Gasteiger charge is 2.38. The number of carbonyl (C=O) groups is 1. The molecule has 0 radical (unpaired) electrons. The number of hydrogen-bond acceptors (Lipinski definition) is 6. The zero-order valence-corrected chi connectivity index (χ0v) is 23.6. The molecule has 0 aromatic heterocycles. The number of ether oxygens (including phenoxy) is 1. The highest BCUT2D eigenvalue weighted by atomic mass is 16.5. The van der Waals surface area contributed by atoms with Crippen molar-refractivity contribution in [3.8, 4) is 0 Å². The van der Waals surface area contributed by atoms with E-state index in [4.69, 9.17) is 9.73 Å². The Morgan fingerprint density at radius 1 is 0.895 bits per heavy atom. The van der Waals surface area contributed by atoms with Crippen molar-refractivity contribution in [3.05, 3.63) is 102 Å². The number of hydrazone groups is 1. The van der Waals surface area contributed by atoms with Gasteiger partial charge in [-0.05, 0) is 18.6 Å². The van der Waals surface area contributed by atoms with E-state index in [9.17, 15) is 4.79 Å². The number of carbonyl (C=O) groups excluding carboxylic acids is 1. The van der Waals surface area contributed by atoms with Crippen LogP contribution in [0, 0.1) is 0 Å². The summed E-state index contributed by atoms with van der Waals surface area (Å²) in [7, 11) is 0. The molecule has 0 bridgehead atoms. The van der Waals surface area contributed by atoms with Crippen molar-refractivity contribution in [3.63, 3.8) is 0 Å². The van der Waals surface area contributed by atoms with Crippen LogP contribution in [0.4, 0.5) is 10.5 Å². The molecule has 7 heteroatoms. The van der Waals surface area contributed by atoms with Gasteiger partial charge in [0.15, 0.2) is 12.3 Å². The van der Waals surface area contributed by atoms with E-state index in [0.717, 1.165) is 33.9 Å². The van der Waals surface area contributed by atoms with Crippen molar-refractivity contribution in [1.82, 2.24) is 10.7 Å². The molecule has 3 aromatic rings. The third-order valence-corrected chi connectivity index (χ3v) is 5.50. The minimum Gasteiger partial charge on any atom is -0.445 e. The second kappa shape index (κ2) is 15.9. The lowest BCUT2D eigenvalue weighted by molar-refractivity contribution is 0.134. The van der Waals surface area contributed by atoms with Crippen LogP contribution in [-0.4, -0.2) is 30.0 Å². The fourth-order valence-corrected chi connectivity index (χ4v) is 3.99. The number of amidine groups is 1. The predicted molar refractivity (Wildman–Crippen MR) is 161 cm³/mol. The number of rotatable bonds is 4. The van der Waals surface area contributed by atoms with Crippen LogP contribution < -0.4 is 15.6 Å². The van der Waals surface area contributed by atoms with Crippen LogP contribution in [0.1, 0.15) is 66.6 Å². The molecular formula is C31H43N5O2. The first-order valence-corrected chi connectivity index (χ1v) is 13.5. The monoisotopic (exact) mass is 517 g/mol. The van der Waals surface area contributed by atoms with Crippen molar-refractivity contribution in [2.24, 2.45) is 10.1 Å². The van der Waals surface area contributed by atoms with Gasteiger partial charge in [0.05, 0.1) is 11.4 Å². The normalized spacial score (nSPS) is 16.4. The first-order valence-electron chi connectivity index (χ1n) is 13.5. The van der Waals surface area contributed by atoms with Gasteiger partial charge < -0.3 is 9.64 Å². The number of hydrogen-bond donors (Lipinski definition) is 2. The summed E-state index contributed by atoms with van der Waals surface area (Å²) in [5, 5.41) is 7.33. The van der Waals surface area contributed by atoms with Gasteiger partial charge in [0.25, 0.3) is 0 Å². The Morgan fingerprint density at radius 2 is 1.47 bits per heavy atom. The summed E-state index contributed by atoms with van der Waals surface area (Å²) in [4.78, 5) is 19.7. The number of amides is 1. The molecule has 0 fully saturated rings. The average Bonchev–Trinajstić information content (AvgIpc) is 3.32. The van der Waals surface area contributed by atoms with E-state index >= 15 is 0 Å². The Balaban J connectivity index is 0.00000102. The number of benzene rings is 3. The van der Waals surface area contributed by atoms with Crippen LogP contribution in [0.3, 0.4) is 0 Å². The number of nitrogens with zero attached hydrogens (tertiary/aromatic N) is 3. The molecule has 1 unspecified atom stereocenters. The van der Waals surface area contributed by atoms with Gasteiger partial charge >= 0.3 is 6.09 Å². The van der Waals surface area contributed by atoms with Crippen molar-refractivity contribution >= 4 is 23.3 Å². The Morgan fingerprint density at radius 3 is 2.13 bits per heavy atom. The van der Waals surface area contributed by atoms with Crippen molar-refractivity contribution in [1.29, 1.82) is 0 Å². The molecule has 2 heterocycles. The maximum Gasteiger partial charge on any atom is 0.409 e. The maximum absolute atomic E-state index is 12.7. The van der Waals surface area contributed by atoms with E-state index in [2.05, 4.69) is 20.7 Å². The Bertz CT molecular complexity index is 1190. The zero-order chi connectivity index (χ0) is 27.9. The van der Waals surface area contributed by atoms with E-state index in [-0.39, 0.29) is 14.2 Å². The maximum atomic E-state index is 12.7. The molecule has 5 rings (SSSR count). The average molecular weight is 518 g/mol. The number of alkyl carbamates (subject to hydrolysis) is 1. The minimum absolute atomic E-state index is 0. The van der Waals surface area contributed by atoms with Crippen molar-refractivity contribution in [2.45, 2.75) is 67.4 Å². The third-order valence-electron chi connectivity index (χ3n) is 5.50. The largest absolute Gasteiger partial charge is 0.445 e. The van der Waals surface area contributed by atoms with Gasteiger partial charge in [-0.3, -0.25) is 15.7 Å². The topological polar surface area (TPSA) is 78.3 Å². The Hall–Kier alpha value is -4.13.